The number of carboxylic acid groups (broad SMARTS) is 1. The highest BCUT2D eigenvalue weighted by molar-refractivity contribution is 6.35. The second-order valence-electron chi connectivity index (χ2n) is 2.84. The SMILES string of the molecule is O=C1OC(Cl)(C(=O)O)c2ccccc21. The van der Waals surface area contributed by atoms with E-state index in [4.69, 9.17) is 16.7 Å². The fourth-order valence-corrected chi connectivity index (χ4v) is 1.57. The van der Waals surface area contributed by atoms with E-state index in [2.05, 4.69) is 4.74 Å². The zero-order valence-electron chi connectivity index (χ0n) is 6.86. The lowest BCUT2D eigenvalue weighted by Crippen LogP contribution is -2.29. The third-order valence-corrected chi connectivity index (χ3v) is 2.44. The Hall–Kier alpha value is -1.55. The van der Waals surface area contributed by atoms with Crippen molar-refractivity contribution in [1.82, 2.24) is 0 Å². The molecule has 0 fully saturated rings. The number of hydrogen-bond donors (Lipinski definition) is 1. The Bertz CT molecular complexity index is 429. The first-order chi connectivity index (χ1) is 6.55. The van der Waals surface area contributed by atoms with E-state index in [0.29, 0.717) is 0 Å². The minimum atomic E-state index is -2.06. The zero-order valence-corrected chi connectivity index (χ0v) is 7.62. The molecular weight excluding hydrogens is 208 g/mol. The predicted octanol–water partition coefficient (Wildman–Crippen LogP) is 1.33. The zero-order chi connectivity index (χ0) is 10.3. The number of ether oxygens (including phenoxy) is 1. The number of carbonyl (C=O) groups excluding carboxylic acids is 1. The van der Waals surface area contributed by atoms with E-state index < -0.39 is 17.0 Å². The third kappa shape index (κ3) is 1.01. The maximum atomic E-state index is 11.2. The van der Waals surface area contributed by atoms with Crippen LogP contribution >= 0.6 is 11.6 Å². The summed E-state index contributed by atoms with van der Waals surface area (Å²) in [4.78, 5) is 22.0. The highest BCUT2D eigenvalue weighted by atomic mass is 35.5. The van der Waals surface area contributed by atoms with Crippen molar-refractivity contribution >= 4 is 23.5 Å². The highest BCUT2D eigenvalue weighted by Gasteiger charge is 2.50. The molecule has 1 heterocycles. The van der Waals surface area contributed by atoms with Crippen molar-refractivity contribution in [3.8, 4) is 0 Å². The first-order valence-electron chi connectivity index (χ1n) is 3.81. The summed E-state index contributed by atoms with van der Waals surface area (Å²) in [5.74, 6) is -2.10. The average molecular weight is 213 g/mol. The first kappa shape index (κ1) is 9.02. The molecule has 1 aromatic rings. The second kappa shape index (κ2) is 2.72. The van der Waals surface area contributed by atoms with Gasteiger partial charge in [-0.1, -0.05) is 29.8 Å². The number of cyclic esters (lactones) is 1. The maximum absolute atomic E-state index is 11.2. The molecular formula is C9H5ClO4. The Morgan fingerprint density at radius 3 is 2.71 bits per heavy atom. The molecule has 0 spiro atoms. The van der Waals surface area contributed by atoms with Crippen LogP contribution in [0.5, 0.6) is 0 Å². The maximum Gasteiger partial charge on any atom is 0.369 e. The lowest BCUT2D eigenvalue weighted by molar-refractivity contribution is -0.150. The number of carboxylic acids is 1. The molecule has 1 atom stereocenters. The van der Waals surface area contributed by atoms with E-state index in [1.54, 1.807) is 12.1 Å². The van der Waals surface area contributed by atoms with E-state index in [0.717, 1.165) is 0 Å². The van der Waals surface area contributed by atoms with Gasteiger partial charge in [-0.15, -0.1) is 0 Å². The summed E-state index contributed by atoms with van der Waals surface area (Å²) in [5.41, 5.74) is 0.379. The standard InChI is InChI=1S/C9H5ClO4/c10-9(8(12)13)6-4-2-1-3-5(6)7(11)14-9/h1-4H,(H,12,13). The van der Waals surface area contributed by atoms with Crippen LogP contribution in [-0.4, -0.2) is 17.0 Å². The highest BCUT2D eigenvalue weighted by Crippen LogP contribution is 2.39. The van der Waals surface area contributed by atoms with Gasteiger partial charge in [0.15, 0.2) is 0 Å². The quantitative estimate of drug-likeness (QED) is 0.564. The first-order valence-corrected chi connectivity index (χ1v) is 4.18. The summed E-state index contributed by atoms with van der Waals surface area (Å²) in [6, 6.07) is 6.15. The largest absolute Gasteiger partial charge is 0.477 e. The van der Waals surface area contributed by atoms with Crippen LogP contribution in [-0.2, 0) is 14.6 Å². The molecule has 5 heteroatoms. The topological polar surface area (TPSA) is 63.6 Å². The van der Waals surface area contributed by atoms with Gasteiger partial charge in [0.1, 0.15) is 0 Å². The van der Waals surface area contributed by atoms with Crippen molar-refractivity contribution in [2.24, 2.45) is 0 Å². The van der Waals surface area contributed by atoms with E-state index in [1.807, 2.05) is 0 Å². The molecule has 14 heavy (non-hydrogen) atoms. The Balaban J connectivity index is 2.65. The molecule has 0 bridgehead atoms. The Morgan fingerprint density at radius 1 is 1.43 bits per heavy atom. The molecule has 1 unspecified atom stereocenters. The Morgan fingerprint density at radius 2 is 2.07 bits per heavy atom. The summed E-state index contributed by atoms with van der Waals surface area (Å²) in [7, 11) is 0. The van der Waals surface area contributed by atoms with Crippen molar-refractivity contribution in [3.63, 3.8) is 0 Å². The molecule has 4 nitrogen and oxygen atoms in total. The van der Waals surface area contributed by atoms with Gasteiger partial charge in [0, 0.05) is 5.56 Å². The molecule has 72 valence electrons. The molecule has 1 aliphatic heterocycles. The van der Waals surface area contributed by atoms with Crippen LogP contribution in [0, 0.1) is 0 Å². The molecule has 1 aliphatic rings. The van der Waals surface area contributed by atoms with Crippen molar-refractivity contribution in [3.05, 3.63) is 35.4 Å². The summed E-state index contributed by atoms with van der Waals surface area (Å²) in [5, 5.41) is 6.77. The van der Waals surface area contributed by atoms with Gasteiger partial charge in [0.25, 0.3) is 0 Å². The van der Waals surface area contributed by atoms with Gasteiger partial charge in [-0.05, 0) is 6.07 Å². The fourth-order valence-electron chi connectivity index (χ4n) is 1.34. The summed E-state index contributed by atoms with van der Waals surface area (Å²) in [6.07, 6.45) is 0. The van der Waals surface area contributed by atoms with Crippen LogP contribution < -0.4 is 0 Å². The van der Waals surface area contributed by atoms with Crippen LogP contribution in [0.15, 0.2) is 24.3 Å². The number of alkyl halides is 1. The Labute approximate surface area is 84.1 Å². The molecule has 0 saturated heterocycles. The predicted molar refractivity (Wildman–Crippen MR) is 47.0 cm³/mol. The minimum absolute atomic E-state index is 0.180. The average Bonchev–Trinajstić information content (AvgIpc) is 2.42. The second-order valence-corrected chi connectivity index (χ2v) is 3.37. The van der Waals surface area contributed by atoms with Crippen LogP contribution in [0.3, 0.4) is 0 Å². The van der Waals surface area contributed by atoms with E-state index >= 15 is 0 Å². The molecule has 2 rings (SSSR count). The van der Waals surface area contributed by atoms with E-state index in [9.17, 15) is 9.59 Å². The Kier molecular flexibility index (Phi) is 1.75. The number of hydrogen-bond acceptors (Lipinski definition) is 3. The van der Waals surface area contributed by atoms with Gasteiger partial charge >= 0.3 is 17.0 Å². The van der Waals surface area contributed by atoms with Crippen molar-refractivity contribution < 1.29 is 19.4 Å². The van der Waals surface area contributed by atoms with Crippen LogP contribution in [0.4, 0.5) is 0 Å². The van der Waals surface area contributed by atoms with Gasteiger partial charge in [-0.3, -0.25) is 0 Å². The number of fused-ring (bicyclic) bond motifs is 1. The van der Waals surface area contributed by atoms with Gasteiger partial charge in [-0.25, -0.2) is 9.59 Å². The fraction of sp³-hybridized carbons (Fsp3) is 0.111. The van der Waals surface area contributed by atoms with E-state index in [-0.39, 0.29) is 11.1 Å². The lowest BCUT2D eigenvalue weighted by atomic mass is 10.1. The molecule has 0 amide bonds. The van der Waals surface area contributed by atoms with Crippen LogP contribution in [0.1, 0.15) is 15.9 Å². The molecule has 0 aromatic heterocycles. The normalized spacial score (nSPS) is 24.2. The van der Waals surface area contributed by atoms with Gasteiger partial charge < -0.3 is 9.84 Å². The molecule has 1 N–H and O–H groups in total. The summed E-state index contributed by atoms with van der Waals surface area (Å²) < 4.78 is 4.61. The van der Waals surface area contributed by atoms with Crippen molar-refractivity contribution in [1.29, 1.82) is 0 Å². The molecule has 0 radical (unpaired) electrons. The number of esters is 1. The summed E-state index contributed by atoms with van der Waals surface area (Å²) in [6.45, 7) is 0. The molecule has 0 saturated carbocycles. The lowest BCUT2D eigenvalue weighted by Gasteiger charge is -2.14. The summed E-state index contributed by atoms with van der Waals surface area (Å²) >= 11 is 5.69. The number of benzene rings is 1. The number of aliphatic carboxylic acids is 1. The van der Waals surface area contributed by atoms with Crippen LogP contribution in [0.2, 0.25) is 0 Å². The number of carbonyl (C=O) groups is 2. The smallest absolute Gasteiger partial charge is 0.369 e. The monoisotopic (exact) mass is 212 g/mol. The van der Waals surface area contributed by atoms with Gasteiger partial charge in [0.2, 0.25) is 0 Å². The third-order valence-electron chi connectivity index (χ3n) is 2.00. The van der Waals surface area contributed by atoms with Crippen molar-refractivity contribution in [2.75, 3.05) is 0 Å². The number of rotatable bonds is 1. The van der Waals surface area contributed by atoms with Gasteiger partial charge in [-0.2, -0.15) is 0 Å². The molecule has 0 aliphatic carbocycles. The van der Waals surface area contributed by atoms with Crippen molar-refractivity contribution in [2.45, 2.75) is 5.06 Å². The van der Waals surface area contributed by atoms with Crippen LogP contribution in [0.25, 0.3) is 0 Å². The van der Waals surface area contributed by atoms with Gasteiger partial charge in [0.05, 0.1) is 5.56 Å². The number of halogens is 1. The minimum Gasteiger partial charge on any atom is -0.477 e. The molecule has 1 aromatic carbocycles. The van der Waals surface area contributed by atoms with E-state index in [1.165, 1.54) is 12.1 Å².